The lowest BCUT2D eigenvalue weighted by molar-refractivity contribution is 0.413. The molecule has 0 saturated heterocycles. The third-order valence-corrected chi connectivity index (χ3v) is 3.83. The van der Waals surface area contributed by atoms with Crippen LogP contribution in [0.15, 0.2) is 72.0 Å². The Hall–Kier alpha value is -3.01. The first-order chi connectivity index (χ1) is 12.1. The molecule has 0 saturated carbocycles. The van der Waals surface area contributed by atoms with Gasteiger partial charge in [0.25, 0.3) is 0 Å². The van der Waals surface area contributed by atoms with Crippen molar-refractivity contribution >= 4 is 11.9 Å². The molecule has 0 radical (unpaired) electrons. The molecular formula is C21H22N2O2. The summed E-state index contributed by atoms with van der Waals surface area (Å²) in [7, 11) is 1.65. The maximum Gasteiger partial charge on any atom is 0.127 e. The lowest BCUT2D eigenvalue weighted by Gasteiger charge is -2.06. The summed E-state index contributed by atoms with van der Waals surface area (Å²) in [6.07, 6.45) is 6.03. The maximum absolute atomic E-state index is 5.81. The van der Waals surface area contributed by atoms with Crippen molar-refractivity contribution in [3.05, 3.63) is 72.6 Å². The highest BCUT2D eigenvalue weighted by Gasteiger charge is 2.00. The van der Waals surface area contributed by atoms with Crippen LogP contribution in [0.3, 0.4) is 0 Å². The molecule has 4 nitrogen and oxygen atoms in total. The molecule has 1 heterocycles. The average molecular weight is 334 g/mol. The number of nitrogens with zero attached hydrogens (tertiary/aromatic N) is 2. The lowest BCUT2D eigenvalue weighted by atomic mass is 10.3. The number of ether oxygens (including phenoxy) is 2. The molecule has 0 fully saturated rings. The Kier molecular flexibility index (Phi) is 5.19. The fourth-order valence-electron chi connectivity index (χ4n) is 2.36. The molecule has 3 aromatic rings. The molecule has 0 aliphatic heterocycles. The van der Waals surface area contributed by atoms with E-state index in [4.69, 9.17) is 9.47 Å². The molecule has 0 unspecified atom stereocenters. The van der Waals surface area contributed by atoms with E-state index in [-0.39, 0.29) is 0 Å². The van der Waals surface area contributed by atoms with E-state index in [1.54, 1.807) is 7.11 Å². The van der Waals surface area contributed by atoms with Crippen molar-refractivity contribution in [2.75, 3.05) is 7.11 Å². The van der Waals surface area contributed by atoms with Crippen molar-refractivity contribution in [2.45, 2.75) is 19.9 Å². The van der Waals surface area contributed by atoms with E-state index in [1.165, 1.54) is 0 Å². The predicted molar refractivity (Wildman–Crippen MR) is 102 cm³/mol. The van der Waals surface area contributed by atoms with Crippen LogP contribution in [0.1, 0.15) is 25.5 Å². The molecule has 0 aliphatic rings. The standard InChI is InChI=1S/C21H22N2O2/c1-16(2)23-13-12-17(15-23)14-22-18-4-6-20(7-5-18)25-21-10-8-19(24-3)9-11-21/h4-16H,1-3H3. The van der Waals surface area contributed by atoms with E-state index in [2.05, 4.69) is 41.9 Å². The second-order valence-electron chi connectivity index (χ2n) is 6.02. The van der Waals surface area contributed by atoms with E-state index in [0.29, 0.717) is 6.04 Å². The second kappa shape index (κ2) is 7.71. The van der Waals surface area contributed by atoms with Crippen molar-refractivity contribution < 1.29 is 9.47 Å². The van der Waals surface area contributed by atoms with Gasteiger partial charge in [-0.05, 0) is 68.4 Å². The molecule has 0 bridgehead atoms. The zero-order chi connectivity index (χ0) is 17.6. The smallest absolute Gasteiger partial charge is 0.127 e. The van der Waals surface area contributed by atoms with Crippen LogP contribution in [0.2, 0.25) is 0 Å². The first-order valence-corrected chi connectivity index (χ1v) is 8.27. The Morgan fingerprint density at radius 3 is 2.04 bits per heavy atom. The van der Waals surface area contributed by atoms with Gasteiger partial charge in [-0.3, -0.25) is 4.99 Å². The summed E-state index contributed by atoms with van der Waals surface area (Å²) in [5.41, 5.74) is 1.98. The molecule has 0 spiro atoms. The largest absolute Gasteiger partial charge is 0.497 e. The van der Waals surface area contributed by atoms with Crippen LogP contribution in [0, 0.1) is 0 Å². The van der Waals surface area contributed by atoms with Gasteiger partial charge in [-0.25, -0.2) is 0 Å². The fourth-order valence-corrected chi connectivity index (χ4v) is 2.36. The summed E-state index contributed by atoms with van der Waals surface area (Å²) in [5.74, 6) is 2.35. The van der Waals surface area contributed by atoms with Crippen LogP contribution in [-0.4, -0.2) is 17.9 Å². The van der Waals surface area contributed by atoms with Crippen LogP contribution < -0.4 is 9.47 Å². The van der Waals surface area contributed by atoms with Crippen molar-refractivity contribution in [3.63, 3.8) is 0 Å². The van der Waals surface area contributed by atoms with Gasteiger partial charge < -0.3 is 14.0 Å². The Morgan fingerprint density at radius 1 is 0.880 bits per heavy atom. The Morgan fingerprint density at radius 2 is 1.48 bits per heavy atom. The zero-order valence-corrected chi connectivity index (χ0v) is 14.7. The summed E-state index contributed by atoms with van der Waals surface area (Å²) >= 11 is 0. The number of aliphatic imine (C=N–C) groups is 1. The van der Waals surface area contributed by atoms with Crippen molar-refractivity contribution in [2.24, 2.45) is 4.99 Å². The molecule has 4 heteroatoms. The minimum Gasteiger partial charge on any atom is -0.497 e. The summed E-state index contributed by atoms with van der Waals surface area (Å²) in [6, 6.07) is 17.7. The van der Waals surface area contributed by atoms with Gasteiger partial charge in [0.15, 0.2) is 0 Å². The van der Waals surface area contributed by atoms with Crippen LogP contribution in [0.5, 0.6) is 17.2 Å². The Balaban J connectivity index is 1.63. The molecule has 0 amide bonds. The zero-order valence-electron chi connectivity index (χ0n) is 14.7. The Bertz CT molecular complexity index is 831. The van der Waals surface area contributed by atoms with E-state index in [0.717, 1.165) is 28.5 Å². The number of hydrogen-bond acceptors (Lipinski definition) is 3. The number of methoxy groups -OCH3 is 1. The van der Waals surface area contributed by atoms with Crippen molar-refractivity contribution in [1.29, 1.82) is 0 Å². The predicted octanol–water partition coefficient (Wildman–Crippen LogP) is 5.62. The summed E-state index contributed by atoms with van der Waals surface area (Å²) in [5, 5.41) is 0. The minimum atomic E-state index is 0.455. The van der Waals surface area contributed by atoms with Crippen LogP contribution >= 0.6 is 0 Å². The number of aromatic nitrogens is 1. The van der Waals surface area contributed by atoms with Gasteiger partial charge in [0, 0.05) is 30.2 Å². The molecule has 2 aromatic carbocycles. The van der Waals surface area contributed by atoms with E-state index >= 15 is 0 Å². The van der Waals surface area contributed by atoms with Gasteiger partial charge in [-0.15, -0.1) is 0 Å². The second-order valence-corrected chi connectivity index (χ2v) is 6.02. The normalized spacial score (nSPS) is 11.2. The third kappa shape index (κ3) is 4.51. The first kappa shape index (κ1) is 16.8. The number of hydrogen-bond donors (Lipinski definition) is 0. The monoisotopic (exact) mass is 334 g/mol. The number of benzene rings is 2. The van der Waals surface area contributed by atoms with Gasteiger partial charge in [0.2, 0.25) is 0 Å². The van der Waals surface area contributed by atoms with E-state index in [9.17, 15) is 0 Å². The highest BCUT2D eigenvalue weighted by molar-refractivity contribution is 5.81. The molecule has 0 N–H and O–H groups in total. The third-order valence-electron chi connectivity index (χ3n) is 3.83. The van der Waals surface area contributed by atoms with Gasteiger partial charge in [0.05, 0.1) is 12.8 Å². The molecule has 3 rings (SSSR count). The van der Waals surface area contributed by atoms with E-state index in [1.807, 2.05) is 54.7 Å². The van der Waals surface area contributed by atoms with Crippen molar-refractivity contribution in [1.82, 2.24) is 4.57 Å². The van der Waals surface area contributed by atoms with Crippen LogP contribution in [0.4, 0.5) is 5.69 Å². The molecule has 0 aliphatic carbocycles. The maximum atomic E-state index is 5.81. The highest BCUT2D eigenvalue weighted by Crippen LogP contribution is 2.25. The molecular weight excluding hydrogens is 312 g/mol. The van der Waals surface area contributed by atoms with E-state index < -0.39 is 0 Å². The van der Waals surface area contributed by atoms with Gasteiger partial charge in [-0.1, -0.05) is 0 Å². The fraction of sp³-hybridized carbons (Fsp3) is 0.190. The lowest BCUT2D eigenvalue weighted by Crippen LogP contribution is -1.95. The topological polar surface area (TPSA) is 35.8 Å². The highest BCUT2D eigenvalue weighted by atomic mass is 16.5. The molecule has 128 valence electrons. The quantitative estimate of drug-likeness (QED) is 0.548. The molecule has 1 aromatic heterocycles. The molecule has 25 heavy (non-hydrogen) atoms. The van der Waals surface area contributed by atoms with Crippen LogP contribution in [-0.2, 0) is 0 Å². The Labute approximate surface area is 148 Å². The SMILES string of the molecule is COc1ccc(Oc2ccc(N=Cc3ccn(C(C)C)c3)cc2)cc1. The number of rotatable bonds is 6. The van der Waals surface area contributed by atoms with Gasteiger partial charge in [0.1, 0.15) is 17.2 Å². The van der Waals surface area contributed by atoms with Crippen molar-refractivity contribution in [3.8, 4) is 17.2 Å². The first-order valence-electron chi connectivity index (χ1n) is 8.27. The summed E-state index contributed by atoms with van der Waals surface area (Å²) < 4.78 is 13.1. The van der Waals surface area contributed by atoms with Crippen LogP contribution in [0.25, 0.3) is 0 Å². The summed E-state index contributed by atoms with van der Waals surface area (Å²) in [6.45, 7) is 4.31. The average Bonchev–Trinajstić information content (AvgIpc) is 3.11. The van der Waals surface area contributed by atoms with Gasteiger partial charge in [-0.2, -0.15) is 0 Å². The van der Waals surface area contributed by atoms with Gasteiger partial charge >= 0.3 is 0 Å². The summed E-state index contributed by atoms with van der Waals surface area (Å²) in [4.78, 5) is 4.51. The minimum absolute atomic E-state index is 0.455. The molecule has 0 atom stereocenters.